The van der Waals surface area contributed by atoms with Crippen molar-refractivity contribution in [3.05, 3.63) is 51.2 Å². The molecular formula is C16H14F3IN2O2. The number of hydrogen-bond donors (Lipinski definition) is 1. The number of aromatic nitrogens is 1. The van der Waals surface area contributed by atoms with Gasteiger partial charge < -0.3 is 10.1 Å². The minimum Gasteiger partial charge on any atom is -0.475 e. The summed E-state index contributed by atoms with van der Waals surface area (Å²) in [5.41, 5.74) is -0.505. The van der Waals surface area contributed by atoms with E-state index in [2.05, 4.69) is 10.3 Å². The molecule has 0 saturated heterocycles. The fourth-order valence-corrected chi connectivity index (χ4v) is 2.29. The number of nitrogens with zero attached hydrogens (tertiary/aromatic N) is 1. The van der Waals surface area contributed by atoms with Gasteiger partial charge in [0.15, 0.2) is 0 Å². The van der Waals surface area contributed by atoms with Gasteiger partial charge in [0.1, 0.15) is 0 Å². The Hall–Kier alpha value is -1.84. The van der Waals surface area contributed by atoms with Gasteiger partial charge in [-0.1, -0.05) is 0 Å². The Balaban J connectivity index is 2.17. The molecule has 1 aromatic carbocycles. The molecule has 1 aromatic heterocycles. The predicted molar refractivity (Wildman–Crippen MR) is 92.1 cm³/mol. The van der Waals surface area contributed by atoms with Crippen LogP contribution >= 0.6 is 22.6 Å². The topological polar surface area (TPSA) is 51.2 Å². The summed E-state index contributed by atoms with van der Waals surface area (Å²) >= 11 is 1.86. The zero-order valence-corrected chi connectivity index (χ0v) is 15.0. The molecule has 0 radical (unpaired) electrons. The molecule has 0 aliphatic rings. The number of carbonyl (C=O) groups excluding carboxylic acids is 1. The van der Waals surface area contributed by atoms with Crippen LogP contribution in [0.3, 0.4) is 0 Å². The van der Waals surface area contributed by atoms with E-state index >= 15 is 0 Å². The predicted octanol–water partition coefficient (Wildman–Crippen LogP) is 4.74. The molecule has 2 aromatic rings. The molecule has 0 unspecified atom stereocenters. The maximum absolute atomic E-state index is 12.8. The number of amides is 1. The lowest BCUT2D eigenvalue weighted by Gasteiger charge is -2.12. The number of alkyl halides is 3. The summed E-state index contributed by atoms with van der Waals surface area (Å²) in [6.45, 7) is 3.69. The van der Waals surface area contributed by atoms with Crippen LogP contribution in [0, 0.1) is 3.57 Å². The van der Waals surface area contributed by atoms with E-state index in [1.54, 1.807) is 0 Å². The minimum absolute atomic E-state index is 0.0520. The fraction of sp³-hybridized carbons (Fsp3) is 0.250. The highest BCUT2D eigenvalue weighted by Crippen LogP contribution is 2.32. The van der Waals surface area contributed by atoms with Crippen molar-refractivity contribution >= 4 is 34.2 Å². The molecule has 0 atom stereocenters. The monoisotopic (exact) mass is 450 g/mol. The first-order chi connectivity index (χ1) is 11.2. The second-order valence-corrected chi connectivity index (χ2v) is 6.36. The first-order valence-corrected chi connectivity index (χ1v) is 8.05. The number of nitrogens with one attached hydrogen (secondary N) is 1. The molecule has 1 amide bonds. The molecule has 2 rings (SSSR count). The van der Waals surface area contributed by atoms with Crippen LogP contribution in [0.2, 0.25) is 0 Å². The van der Waals surface area contributed by atoms with Gasteiger partial charge in [-0.25, -0.2) is 4.98 Å². The van der Waals surface area contributed by atoms with Crippen LogP contribution in [0.4, 0.5) is 18.9 Å². The lowest BCUT2D eigenvalue weighted by Crippen LogP contribution is -2.15. The van der Waals surface area contributed by atoms with Gasteiger partial charge in [-0.15, -0.1) is 0 Å². The number of halogens is 4. The molecule has 1 N–H and O–H groups in total. The minimum atomic E-state index is -4.47. The second kappa shape index (κ2) is 7.37. The van der Waals surface area contributed by atoms with E-state index in [4.69, 9.17) is 4.74 Å². The molecule has 8 heteroatoms. The third kappa shape index (κ3) is 4.83. The summed E-state index contributed by atoms with van der Waals surface area (Å²) in [5, 5.41) is 2.47. The van der Waals surface area contributed by atoms with Crippen molar-refractivity contribution in [2.45, 2.75) is 26.1 Å². The number of hydrogen-bond acceptors (Lipinski definition) is 3. The van der Waals surface area contributed by atoms with Gasteiger partial charge in [0.2, 0.25) is 5.88 Å². The van der Waals surface area contributed by atoms with E-state index in [1.807, 2.05) is 36.4 Å². The zero-order chi connectivity index (χ0) is 17.9. The van der Waals surface area contributed by atoms with Crippen LogP contribution < -0.4 is 10.1 Å². The molecule has 1 heterocycles. The van der Waals surface area contributed by atoms with E-state index in [0.717, 1.165) is 12.1 Å². The highest BCUT2D eigenvalue weighted by Gasteiger charge is 2.31. The Morgan fingerprint density at radius 1 is 1.25 bits per heavy atom. The normalized spacial score (nSPS) is 11.5. The number of anilines is 1. The Morgan fingerprint density at radius 2 is 1.96 bits per heavy atom. The maximum Gasteiger partial charge on any atom is 0.416 e. The fourth-order valence-electron chi connectivity index (χ4n) is 1.82. The average Bonchev–Trinajstić information content (AvgIpc) is 2.48. The molecule has 128 valence electrons. The summed E-state index contributed by atoms with van der Waals surface area (Å²) in [5.74, 6) is -0.175. The average molecular weight is 450 g/mol. The maximum atomic E-state index is 12.8. The SMILES string of the molecule is CC(C)Oc1ccc(C(=O)Nc2cc(C(F)(F)F)ccc2I)cn1. The van der Waals surface area contributed by atoms with Gasteiger partial charge in [-0.2, -0.15) is 13.2 Å². The van der Waals surface area contributed by atoms with Crippen molar-refractivity contribution in [1.29, 1.82) is 0 Å². The van der Waals surface area contributed by atoms with Crippen LogP contribution in [0.15, 0.2) is 36.5 Å². The lowest BCUT2D eigenvalue weighted by molar-refractivity contribution is -0.137. The first-order valence-electron chi connectivity index (χ1n) is 6.97. The molecule has 0 saturated carbocycles. The van der Waals surface area contributed by atoms with Crippen LogP contribution in [0.1, 0.15) is 29.8 Å². The molecule has 0 aliphatic carbocycles. The number of pyridine rings is 1. The molecule has 0 aliphatic heterocycles. The van der Waals surface area contributed by atoms with Crippen LogP contribution in [-0.4, -0.2) is 17.0 Å². The molecular weight excluding hydrogens is 436 g/mol. The standard InChI is InChI=1S/C16H14F3IN2O2/c1-9(2)24-14-6-3-10(8-21-14)15(23)22-13-7-11(16(17,18)19)4-5-12(13)20/h3-9H,1-2H3,(H,22,23). The Morgan fingerprint density at radius 3 is 2.50 bits per heavy atom. The van der Waals surface area contributed by atoms with Crippen LogP contribution in [0.5, 0.6) is 5.88 Å². The number of carbonyl (C=O) groups is 1. The summed E-state index contributed by atoms with van der Waals surface area (Å²) in [7, 11) is 0. The van der Waals surface area contributed by atoms with E-state index < -0.39 is 17.6 Å². The number of ether oxygens (including phenoxy) is 1. The van der Waals surface area contributed by atoms with Crippen LogP contribution in [-0.2, 0) is 6.18 Å². The van der Waals surface area contributed by atoms with Gasteiger partial charge in [0, 0.05) is 15.8 Å². The van der Waals surface area contributed by atoms with E-state index in [-0.39, 0.29) is 17.4 Å². The molecule has 0 fully saturated rings. The number of rotatable bonds is 4. The van der Waals surface area contributed by atoms with Gasteiger partial charge in [0.05, 0.1) is 22.9 Å². The quantitative estimate of drug-likeness (QED) is 0.685. The highest BCUT2D eigenvalue weighted by molar-refractivity contribution is 14.1. The second-order valence-electron chi connectivity index (χ2n) is 5.20. The van der Waals surface area contributed by atoms with Crippen molar-refractivity contribution < 1.29 is 22.7 Å². The van der Waals surface area contributed by atoms with Gasteiger partial charge >= 0.3 is 6.18 Å². The van der Waals surface area contributed by atoms with E-state index in [1.165, 1.54) is 24.4 Å². The summed E-state index contributed by atoms with van der Waals surface area (Å²) in [6.07, 6.45) is -3.21. The Bertz CT molecular complexity index is 731. The smallest absolute Gasteiger partial charge is 0.416 e. The number of benzene rings is 1. The van der Waals surface area contributed by atoms with Crippen molar-refractivity contribution in [2.24, 2.45) is 0 Å². The van der Waals surface area contributed by atoms with Gasteiger partial charge in [-0.3, -0.25) is 4.79 Å². The highest BCUT2D eigenvalue weighted by atomic mass is 127. The van der Waals surface area contributed by atoms with Crippen molar-refractivity contribution in [3.63, 3.8) is 0 Å². The van der Waals surface area contributed by atoms with Gasteiger partial charge in [0.25, 0.3) is 5.91 Å². The van der Waals surface area contributed by atoms with Crippen molar-refractivity contribution in [1.82, 2.24) is 4.98 Å². The summed E-state index contributed by atoms with van der Waals surface area (Å²) in [4.78, 5) is 16.2. The molecule has 0 spiro atoms. The van der Waals surface area contributed by atoms with Crippen LogP contribution in [0.25, 0.3) is 0 Å². The van der Waals surface area contributed by atoms with Crippen molar-refractivity contribution in [2.75, 3.05) is 5.32 Å². The first kappa shape index (κ1) is 18.5. The lowest BCUT2D eigenvalue weighted by atomic mass is 10.2. The van der Waals surface area contributed by atoms with Gasteiger partial charge in [-0.05, 0) is 60.7 Å². The Labute approximate surface area is 150 Å². The zero-order valence-electron chi connectivity index (χ0n) is 12.8. The third-order valence-electron chi connectivity index (χ3n) is 2.90. The largest absolute Gasteiger partial charge is 0.475 e. The summed E-state index contributed by atoms with van der Waals surface area (Å²) < 4.78 is 44.2. The molecule has 4 nitrogen and oxygen atoms in total. The molecule has 0 bridgehead atoms. The summed E-state index contributed by atoms with van der Waals surface area (Å²) in [6, 6.07) is 6.21. The molecule has 24 heavy (non-hydrogen) atoms. The third-order valence-corrected chi connectivity index (χ3v) is 3.84. The van der Waals surface area contributed by atoms with E-state index in [9.17, 15) is 18.0 Å². The van der Waals surface area contributed by atoms with Crippen molar-refractivity contribution in [3.8, 4) is 5.88 Å². The van der Waals surface area contributed by atoms with E-state index in [0.29, 0.717) is 9.45 Å². The Kier molecular flexibility index (Phi) is 5.68.